The minimum Gasteiger partial charge on any atom is -0.338 e. The van der Waals surface area contributed by atoms with Gasteiger partial charge in [-0.2, -0.15) is 0 Å². The van der Waals surface area contributed by atoms with Gasteiger partial charge in [-0.3, -0.25) is 0 Å². The Balaban J connectivity index is 0.000000182. The molecule has 1 aromatic heterocycles. The highest BCUT2D eigenvalue weighted by molar-refractivity contribution is 6.35. The van der Waals surface area contributed by atoms with Gasteiger partial charge < -0.3 is 4.57 Å². The van der Waals surface area contributed by atoms with Crippen molar-refractivity contribution in [2.45, 2.75) is 18.7 Å². The van der Waals surface area contributed by atoms with Crippen LogP contribution in [0.2, 0.25) is 26.4 Å². The molecule has 0 aliphatic rings. The summed E-state index contributed by atoms with van der Waals surface area (Å²) < 4.78 is 1.98. The summed E-state index contributed by atoms with van der Waals surface area (Å²) >= 11 is 24.4. The van der Waals surface area contributed by atoms with Gasteiger partial charge in [-0.15, -0.1) is 0 Å². The molecule has 0 unspecified atom stereocenters. The monoisotopic (exact) mass is 502 g/mol. The molecular weight excluding hydrogens is 481 g/mol. The maximum absolute atomic E-state index is 6.26. The summed E-state index contributed by atoms with van der Waals surface area (Å²) in [6.07, 6.45) is 5.39. The van der Waals surface area contributed by atoms with E-state index in [2.05, 4.69) is 25.0 Å². The van der Waals surface area contributed by atoms with Crippen molar-refractivity contribution in [1.29, 1.82) is 0 Å². The van der Waals surface area contributed by atoms with Gasteiger partial charge in [-0.1, -0.05) is 95.2 Å². The van der Waals surface area contributed by atoms with Crippen molar-refractivity contribution in [3.63, 3.8) is 0 Å². The molecule has 0 aliphatic heterocycles. The van der Waals surface area contributed by atoms with E-state index in [4.69, 9.17) is 46.4 Å². The minimum atomic E-state index is 0.261. The van der Waals surface area contributed by atoms with Crippen LogP contribution in [-0.2, 0) is 13.5 Å². The minimum absolute atomic E-state index is 0.261. The number of rotatable bonds is 5. The highest BCUT2D eigenvalue weighted by Gasteiger charge is 2.16. The third-order valence-corrected chi connectivity index (χ3v) is 6.53. The predicted octanol–water partition coefficient (Wildman–Crippen LogP) is 7.49. The predicted molar refractivity (Wildman–Crippen MR) is 141 cm³/mol. The molecule has 0 bridgehead atoms. The lowest BCUT2D eigenvalue weighted by atomic mass is 9.81. The van der Waals surface area contributed by atoms with E-state index in [1.807, 2.05) is 66.3 Å². The molecular formula is C25H23BCl4N2. The summed E-state index contributed by atoms with van der Waals surface area (Å²) in [7, 11) is 4.11. The van der Waals surface area contributed by atoms with Gasteiger partial charge in [0.25, 0.3) is 0 Å². The Kier molecular flexibility index (Phi) is 9.13. The lowest BCUT2D eigenvalue weighted by molar-refractivity contribution is 0.822. The van der Waals surface area contributed by atoms with Crippen LogP contribution in [0.25, 0.3) is 0 Å². The zero-order valence-corrected chi connectivity index (χ0v) is 20.9. The standard InChI is InChI=1S/C14H13BCl2.C11H10Cl2N2/c15-9-12(10-5-1-3-7-13(10)16)11-6-2-4-8-14(11)17;1-15-5-4-14-11(15)6-8-2-3-9(12)7-10(8)13/h1-8,12H,9,15H2;2-5,7H,6H2,1H3. The van der Waals surface area contributed by atoms with Crippen molar-refractivity contribution < 1.29 is 0 Å². The quantitative estimate of drug-likeness (QED) is 0.258. The molecule has 32 heavy (non-hydrogen) atoms. The molecule has 0 saturated heterocycles. The van der Waals surface area contributed by atoms with Gasteiger partial charge in [-0.05, 0) is 41.0 Å². The van der Waals surface area contributed by atoms with E-state index in [1.165, 1.54) is 0 Å². The van der Waals surface area contributed by atoms with Crippen LogP contribution in [0, 0.1) is 0 Å². The van der Waals surface area contributed by atoms with E-state index in [0.717, 1.165) is 45.3 Å². The van der Waals surface area contributed by atoms with E-state index >= 15 is 0 Å². The van der Waals surface area contributed by atoms with Crippen LogP contribution in [0.4, 0.5) is 0 Å². The van der Waals surface area contributed by atoms with E-state index in [-0.39, 0.29) is 5.92 Å². The van der Waals surface area contributed by atoms with E-state index in [0.29, 0.717) is 10.0 Å². The van der Waals surface area contributed by atoms with Crippen molar-refractivity contribution in [3.05, 3.63) is 122 Å². The number of benzene rings is 3. The first-order valence-electron chi connectivity index (χ1n) is 10.3. The Morgan fingerprint density at radius 3 is 1.91 bits per heavy atom. The molecule has 2 nitrogen and oxygen atoms in total. The fraction of sp³-hybridized carbons (Fsp3) is 0.160. The Morgan fingerprint density at radius 2 is 1.44 bits per heavy atom. The summed E-state index contributed by atoms with van der Waals surface area (Å²) in [4.78, 5) is 4.25. The zero-order chi connectivity index (χ0) is 23.1. The van der Waals surface area contributed by atoms with Crippen LogP contribution in [0.1, 0.15) is 28.4 Å². The highest BCUT2D eigenvalue weighted by atomic mass is 35.5. The fourth-order valence-electron chi connectivity index (χ4n) is 3.52. The SMILES string of the molecule is BCC(c1ccccc1Cl)c1ccccc1Cl.Cn1ccnc1Cc1ccc(Cl)cc1Cl. The van der Waals surface area contributed by atoms with E-state index in [1.54, 1.807) is 12.3 Å². The van der Waals surface area contributed by atoms with Crippen LogP contribution in [0.3, 0.4) is 0 Å². The van der Waals surface area contributed by atoms with Gasteiger partial charge >= 0.3 is 0 Å². The number of nitrogens with zero attached hydrogens (tertiary/aromatic N) is 2. The number of aryl methyl sites for hydroxylation is 1. The van der Waals surface area contributed by atoms with Crippen molar-refractivity contribution in [2.24, 2.45) is 7.05 Å². The maximum Gasteiger partial charge on any atom is 0.112 e. The second-order valence-electron chi connectivity index (χ2n) is 7.37. The van der Waals surface area contributed by atoms with Crippen molar-refractivity contribution >= 4 is 54.3 Å². The molecule has 0 saturated carbocycles. The Morgan fingerprint density at radius 1 is 0.844 bits per heavy atom. The maximum atomic E-state index is 6.26. The second-order valence-corrected chi connectivity index (χ2v) is 9.03. The number of aromatic nitrogens is 2. The van der Waals surface area contributed by atoms with Crippen LogP contribution < -0.4 is 0 Å². The number of imidazole rings is 1. The largest absolute Gasteiger partial charge is 0.338 e. The topological polar surface area (TPSA) is 17.8 Å². The Bertz CT molecular complexity index is 1130. The van der Waals surface area contributed by atoms with Crippen LogP contribution >= 0.6 is 46.4 Å². The van der Waals surface area contributed by atoms with Gasteiger partial charge in [-0.25, -0.2) is 4.98 Å². The van der Waals surface area contributed by atoms with Crippen LogP contribution in [-0.4, -0.2) is 17.4 Å². The van der Waals surface area contributed by atoms with Gasteiger partial charge in [0, 0.05) is 51.9 Å². The smallest absolute Gasteiger partial charge is 0.112 e. The second kappa shape index (κ2) is 11.8. The summed E-state index contributed by atoms with van der Waals surface area (Å²) in [5, 5.41) is 2.95. The van der Waals surface area contributed by atoms with E-state index in [9.17, 15) is 0 Å². The summed E-state index contributed by atoms with van der Waals surface area (Å²) in [6.45, 7) is 0. The number of hydrogen-bond acceptors (Lipinski definition) is 1. The van der Waals surface area contributed by atoms with Gasteiger partial charge in [0.15, 0.2) is 0 Å². The van der Waals surface area contributed by atoms with Crippen LogP contribution in [0.5, 0.6) is 0 Å². The van der Waals surface area contributed by atoms with Gasteiger partial charge in [0.1, 0.15) is 13.7 Å². The molecule has 0 N–H and O–H groups in total. The summed E-state index contributed by atoms with van der Waals surface area (Å²) in [6, 6.07) is 21.4. The van der Waals surface area contributed by atoms with Crippen molar-refractivity contribution in [1.82, 2.24) is 9.55 Å². The lowest BCUT2D eigenvalue weighted by Gasteiger charge is -2.18. The van der Waals surface area contributed by atoms with E-state index < -0.39 is 0 Å². The fourth-order valence-corrected chi connectivity index (χ4v) is 4.54. The average Bonchev–Trinajstić information content (AvgIpc) is 3.18. The molecule has 0 fully saturated rings. The molecule has 0 amide bonds. The molecule has 0 spiro atoms. The normalized spacial score (nSPS) is 10.7. The third-order valence-electron chi connectivity index (χ3n) is 5.25. The number of hydrogen-bond donors (Lipinski definition) is 0. The van der Waals surface area contributed by atoms with Crippen molar-refractivity contribution in [3.8, 4) is 0 Å². The average molecular weight is 504 g/mol. The molecule has 0 atom stereocenters. The van der Waals surface area contributed by atoms with Gasteiger partial charge in [0.2, 0.25) is 0 Å². The van der Waals surface area contributed by atoms with Crippen LogP contribution in [0.15, 0.2) is 79.1 Å². The summed E-state index contributed by atoms with van der Waals surface area (Å²) in [5.74, 6) is 1.25. The molecule has 4 aromatic rings. The lowest BCUT2D eigenvalue weighted by Crippen LogP contribution is -2.02. The molecule has 0 aliphatic carbocycles. The number of halogens is 4. The molecule has 4 rings (SSSR count). The Labute approximate surface area is 210 Å². The highest BCUT2D eigenvalue weighted by Crippen LogP contribution is 2.35. The molecule has 0 radical (unpaired) electrons. The molecule has 3 aromatic carbocycles. The zero-order valence-electron chi connectivity index (χ0n) is 17.9. The Hall–Kier alpha value is -1.91. The van der Waals surface area contributed by atoms with Gasteiger partial charge in [0.05, 0.1) is 0 Å². The molecule has 164 valence electrons. The molecule has 7 heteroatoms. The molecule has 1 heterocycles. The summed E-state index contributed by atoms with van der Waals surface area (Å²) in [5.41, 5.74) is 3.32. The third kappa shape index (κ3) is 6.33. The van der Waals surface area contributed by atoms with Crippen molar-refractivity contribution in [2.75, 3.05) is 0 Å². The first-order chi connectivity index (χ1) is 15.4. The first kappa shape index (κ1) is 24.7. The first-order valence-corrected chi connectivity index (χ1v) is 11.8.